The highest BCUT2D eigenvalue weighted by atomic mass is 32.2. The molecule has 5 N–H and O–H groups in total. The molecular weight excluding hydrogens is 833 g/mol. The van der Waals surface area contributed by atoms with Crippen LogP contribution in [-0.4, -0.2) is 86.1 Å². The number of phenolic OH excluding ortho intramolecular Hbond substituents is 2. The topological polar surface area (TPSA) is 224 Å². The van der Waals surface area contributed by atoms with Crippen molar-refractivity contribution in [2.75, 3.05) is 18.2 Å². The number of thioether (sulfide) groups is 1. The number of benzene rings is 3. The molecule has 0 saturated heterocycles. The van der Waals surface area contributed by atoms with Gasteiger partial charge in [0.15, 0.2) is 11.3 Å². The summed E-state index contributed by atoms with van der Waals surface area (Å²) in [7, 11) is 1.43. The van der Waals surface area contributed by atoms with Gasteiger partial charge in [-0.1, -0.05) is 59.3 Å². The summed E-state index contributed by atoms with van der Waals surface area (Å²) in [6.45, 7) is 14.6. The van der Waals surface area contributed by atoms with E-state index < -0.39 is 82.7 Å². The standard InChI is InChI=1S/C47H56N2O13S/c1-11-12-18-63-28-19-29(51)35-31(20-28)61-44-36(48-35)32-33-40(54)26(7)43-34(32)45(56)47(9,62-43)59-17-16-30(58-10)23(4)42(60-27(8)50)25(6)39(53)24(5)38(52)21(2)14-13-15-22(3)46(57)49-37(44)41(33)55/h13-17,19-21,23-25,30,38-39,42,51-54H,11-12,18H2,1-10H3,(H,49,57)/b14-13+,17-16+,22-15-/t21-,23+,24+,25+,30-,38-,39+,42+,47-/m0/s1. The average Bonchev–Trinajstić information content (AvgIpc) is 3.51. The predicted molar refractivity (Wildman–Crippen MR) is 238 cm³/mol. The van der Waals surface area contributed by atoms with Crippen molar-refractivity contribution in [3.8, 4) is 28.7 Å². The van der Waals surface area contributed by atoms with Gasteiger partial charge in [0.25, 0.3) is 11.7 Å². The van der Waals surface area contributed by atoms with Gasteiger partial charge in [0.2, 0.25) is 5.43 Å². The molecule has 0 spiro atoms. The minimum Gasteiger partial charge on any atom is -0.507 e. The molecule has 0 fully saturated rings. The zero-order valence-electron chi connectivity index (χ0n) is 37.1. The van der Waals surface area contributed by atoms with Crippen LogP contribution in [0.15, 0.2) is 62.4 Å². The summed E-state index contributed by atoms with van der Waals surface area (Å²) in [5.74, 6) is -7.01. The molecule has 2 aromatic rings. The number of rotatable bonds is 6. The van der Waals surface area contributed by atoms with Gasteiger partial charge < -0.3 is 49.1 Å². The number of esters is 1. The van der Waals surface area contributed by atoms with Crippen LogP contribution in [0.5, 0.6) is 17.2 Å². The third-order valence-corrected chi connectivity index (χ3v) is 13.2. The Morgan fingerprint density at radius 1 is 1.00 bits per heavy atom. The fourth-order valence-corrected chi connectivity index (χ4v) is 9.34. The van der Waals surface area contributed by atoms with Crippen LogP contribution in [0.4, 0.5) is 5.69 Å². The molecule has 4 heterocycles. The number of carbonyl (C=O) groups is 3. The second-order valence-electron chi connectivity index (χ2n) is 16.7. The number of aliphatic hydroxyl groups is 2. The number of unbranched alkanes of at least 4 members (excludes halogenated alkanes) is 1. The van der Waals surface area contributed by atoms with Gasteiger partial charge in [0.05, 0.1) is 35.5 Å². The zero-order valence-corrected chi connectivity index (χ0v) is 37.9. The van der Waals surface area contributed by atoms with E-state index in [4.69, 9.17) is 28.3 Å². The van der Waals surface area contributed by atoms with Gasteiger partial charge in [-0.15, -0.1) is 11.8 Å². The lowest BCUT2D eigenvalue weighted by Gasteiger charge is -2.38. The van der Waals surface area contributed by atoms with E-state index in [1.54, 1.807) is 45.9 Å². The number of fused-ring (bicyclic) bond motifs is 14. The number of allylic oxidation sites excluding steroid dienone is 2. The fourth-order valence-electron chi connectivity index (χ4n) is 8.28. The van der Waals surface area contributed by atoms with Crippen molar-refractivity contribution >= 4 is 57.0 Å². The van der Waals surface area contributed by atoms with Crippen LogP contribution >= 0.6 is 11.8 Å². The smallest absolute Gasteiger partial charge is 0.312 e. The monoisotopic (exact) mass is 888 g/mol. The summed E-state index contributed by atoms with van der Waals surface area (Å²) in [6, 6.07) is 3.20. The van der Waals surface area contributed by atoms with Gasteiger partial charge in [-0.05, 0) is 44.2 Å². The van der Waals surface area contributed by atoms with Crippen molar-refractivity contribution in [3.63, 3.8) is 0 Å². The number of aliphatic hydroxyl groups excluding tert-OH is 2. The van der Waals surface area contributed by atoms with Crippen molar-refractivity contribution in [2.24, 2.45) is 23.7 Å². The first-order chi connectivity index (χ1) is 29.8. The van der Waals surface area contributed by atoms with Gasteiger partial charge >= 0.3 is 11.8 Å². The van der Waals surface area contributed by atoms with Crippen molar-refractivity contribution in [1.82, 2.24) is 4.98 Å². The summed E-state index contributed by atoms with van der Waals surface area (Å²) in [6.07, 6.45) is 5.36. The first kappa shape index (κ1) is 47.1. The summed E-state index contributed by atoms with van der Waals surface area (Å²) in [5, 5.41) is 48.2. The third-order valence-electron chi connectivity index (χ3n) is 12.2. The predicted octanol–water partition coefficient (Wildman–Crippen LogP) is 7.55. The molecular formula is C47H56N2O13S. The zero-order chi connectivity index (χ0) is 46.2. The molecule has 15 nitrogen and oxygen atoms in total. The number of anilines is 1. The molecule has 63 heavy (non-hydrogen) atoms. The number of Topliss-reactive ketones (excluding diaryl/α,β-unsaturated/α-hetero) is 1. The molecule has 9 atom stereocenters. The van der Waals surface area contributed by atoms with Gasteiger partial charge in [-0.3, -0.25) is 19.2 Å². The van der Waals surface area contributed by atoms with E-state index in [1.807, 2.05) is 0 Å². The minimum atomic E-state index is -2.07. The fraction of sp³-hybridized carbons (Fsp3) is 0.468. The Kier molecular flexibility index (Phi) is 14.0. The Hall–Kier alpha value is -5.42. The highest BCUT2D eigenvalue weighted by molar-refractivity contribution is 7.99. The van der Waals surface area contributed by atoms with Crippen molar-refractivity contribution in [3.05, 3.63) is 69.6 Å². The maximum absolute atomic E-state index is 14.7. The second kappa shape index (κ2) is 18.7. The van der Waals surface area contributed by atoms with E-state index in [0.717, 1.165) is 18.6 Å². The SMILES string of the molecule is CCCCSc1cc(O)c2nc3c4c5c6c(C)c(O)c4c(=O)c(c-3oc2c1)NC(=O)/C(C)=C\C=C\[C@H](C)[C@H](O)[C@@H](C)[C@@H](O)[C@@H](C)[C@H](OC(C)=O)[C@H](C)[C@@H](OC)/C=C/O[C@@](C)(O6)C5=O. The first-order valence-electron chi connectivity index (χ1n) is 21.0. The molecule has 4 aliphatic heterocycles. The van der Waals surface area contributed by atoms with E-state index in [1.165, 1.54) is 71.0 Å². The lowest BCUT2D eigenvalue weighted by atomic mass is 9.78. The lowest BCUT2D eigenvalue weighted by Crippen LogP contribution is -2.46. The number of hydrogen-bond donors (Lipinski definition) is 5. The lowest BCUT2D eigenvalue weighted by molar-refractivity contribution is -0.160. The number of aromatic nitrogens is 1. The highest BCUT2D eigenvalue weighted by Crippen LogP contribution is 2.51. The van der Waals surface area contributed by atoms with Crippen LogP contribution in [0.1, 0.15) is 84.2 Å². The minimum absolute atomic E-state index is 0.00434. The quantitative estimate of drug-likeness (QED) is 0.0414. The Morgan fingerprint density at radius 2 is 1.71 bits per heavy atom. The van der Waals surface area contributed by atoms with Crippen molar-refractivity contribution in [1.29, 1.82) is 0 Å². The molecule has 16 heteroatoms. The summed E-state index contributed by atoms with van der Waals surface area (Å²) >= 11 is 1.49. The normalized spacial score (nSPS) is 29.0. The van der Waals surface area contributed by atoms with E-state index in [-0.39, 0.29) is 67.2 Å². The number of phenols is 2. The molecule has 1 amide bonds. The van der Waals surface area contributed by atoms with Gasteiger partial charge in [-0.25, -0.2) is 4.98 Å². The number of aromatic hydroxyl groups is 2. The number of ether oxygens (including phenoxy) is 4. The number of amides is 1. The summed E-state index contributed by atoms with van der Waals surface area (Å²) in [5.41, 5.74) is -1.28. The molecule has 0 radical (unpaired) electrons. The number of nitrogens with one attached hydrogen (secondary N) is 1. The van der Waals surface area contributed by atoms with E-state index in [9.17, 15) is 39.6 Å². The summed E-state index contributed by atoms with van der Waals surface area (Å²) in [4.78, 5) is 61.1. The maximum atomic E-state index is 14.7. The number of ketones is 1. The summed E-state index contributed by atoms with van der Waals surface area (Å²) < 4.78 is 30.2. The Balaban J connectivity index is 1.60. The van der Waals surface area contributed by atoms with Crippen LogP contribution in [0.3, 0.4) is 0 Å². The van der Waals surface area contributed by atoms with Crippen LogP contribution in [0.25, 0.3) is 33.3 Å². The molecule has 1 aliphatic carbocycles. The molecule has 0 aromatic heterocycles. The molecule has 0 saturated carbocycles. The maximum Gasteiger partial charge on any atom is 0.312 e. The van der Waals surface area contributed by atoms with Crippen LogP contribution in [0, 0.1) is 30.6 Å². The highest BCUT2D eigenvalue weighted by Gasteiger charge is 2.50. The van der Waals surface area contributed by atoms with Crippen molar-refractivity contribution in [2.45, 2.75) is 110 Å². The van der Waals surface area contributed by atoms with Crippen LogP contribution in [-0.2, 0) is 23.8 Å². The van der Waals surface area contributed by atoms with Gasteiger partial charge in [-0.2, -0.15) is 0 Å². The van der Waals surface area contributed by atoms with Gasteiger partial charge in [0, 0.05) is 66.0 Å². The van der Waals surface area contributed by atoms with E-state index >= 15 is 0 Å². The Bertz CT molecular complexity index is 2560. The van der Waals surface area contributed by atoms with E-state index in [0.29, 0.717) is 4.90 Å². The number of hydrogen-bond acceptors (Lipinski definition) is 15. The molecule has 5 bridgehead atoms. The number of nitrogens with zero attached hydrogens (tertiary/aromatic N) is 1. The molecule has 338 valence electrons. The molecule has 2 aromatic carbocycles. The largest absolute Gasteiger partial charge is 0.507 e. The number of carbonyl (C=O) groups excluding carboxylic acids is 3. The van der Waals surface area contributed by atoms with Crippen molar-refractivity contribution < 1.29 is 58.2 Å². The Labute approximate surface area is 369 Å². The van der Waals surface area contributed by atoms with Gasteiger partial charge in [0.1, 0.15) is 40.3 Å². The van der Waals surface area contributed by atoms with E-state index in [2.05, 4.69) is 12.2 Å². The molecule has 0 unspecified atom stereocenters. The molecule has 7 rings (SSSR count). The first-order valence-corrected chi connectivity index (χ1v) is 22.0. The second-order valence-corrected chi connectivity index (χ2v) is 17.9. The molecule has 5 aliphatic rings. The average molecular weight is 889 g/mol. The third kappa shape index (κ3) is 8.90. The van der Waals surface area contributed by atoms with Crippen LogP contribution < -0.4 is 15.5 Å². The number of methoxy groups -OCH3 is 1. The Morgan fingerprint density at radius 3 is 2.38 bits per heavy atom. The van der Waals surface area contributed by atoms with Crippen LogP contribution in [0.2, 0.25) is 0 Å².